The minimum atomic E-state index is -0.674. The molecule has 0 saturated heterocycles. The molecule has 1 fully saturated rings. The Morgan fingerprint density at radius 3 is 2.65 bits per heavy atom. The first kappa shape index (κ1) is 20.3. The molecule has 1 heterocycles. The Balaban J connectivity index is 1.90. The Morgan fingerprint density at radius 2 is 1.94 bits per heavy atom. The molecule has 5 rings (SSSR count). The average molecular weight is 420 g/mol. The normalized spacial score (nSPS) is 27.0. The minimum Gasteiger partial charge on any atom is -0.469 e. The quantitative estimate of drug-likeness (QED) is 0.463. The number of hydrogen-bond donors (Lipinski definition) is 1. The fourth-order valence-electron chi connectivity index (χ4n) is 6.52. The van der Waals surface area contributed by atoms with Gasteiger partial charge in [0.15, 0.2) is 0 Å². The van der Waals surface area contributed by atoms with E-state index in [1.54, 1.807) is 6.07 Å². The van der Waals surface area contributed by atoms with Crippen molar-refractivity contribution in [2.45, 2.75) is 64.2 Å². The van der Waals surface area contributed by atoms with Crippen LogP contribution < -0.4 is 0 Å². The topological polar surface area (TPSA) is 42.1 Å². The Hall–Kier alpha value is -2.62. The third kappa shape index (κ3) is 2.66. The SMILES string of the molecule is COC(=O)[C@]1(C)CCC[C@]2(C)c3ccc(C(C)C)cc3-c3[nH]c4ccc(F)cc4c3C12. The summed E-state index contributed by atoms with van der Waals surface area (Å²) in [5, 5.41) is 0.879. The molecule has 1 unspecified atom stereocenters. The Bertz CT molecular complexity index is 1210. The molecule has 0 bridgehead atoms. The lowest BCUT2D eigenvalue weighted by atomic mass is 9.49. The summed E-state index contributed by atoms with van der Waals surface area (Å²) in [5.41, 5.74) is 5.84. The summed E-state index contributed by atoms with van der Waals surface area (Å²) in [6.45, 7) is 8.72. The minimum absolute atomic E-state index is 0.0934. The van der Waals surface area contributed by atoms with E-state index in [1.807, 2.05) is 13.0 Å². The summed E-state index contributed by atoms with van der Waals surface area (Å²) >= 11 is 0. The molecule has 3 nitrogen and oxygen atoms in total. The molecule has 0 aliphatic heterocycles. The molecule has 1 saturated carbocycles. The summed E-state index contributed by atoms with van der Waals surface area (Å²) in [6.07, 6.45) is 2.70. The molecule has 1 aromatic heterocycles. The van der Waals surface area contributed by atoms with E-state index < -0.39 is 5.41 Å². The second-order valence-corrected chi connectivity index (χ2v) is 10.2. The van der Waals surface area contributed by atoms with Crippen LogP contribution >= 0.6 is 0 Å². The van der Waals surface area contributed by atoms with Crippen molar-refractivity contribution in [1.82, 2.24) is 4.98 Å². The number of carbonyl (C=O) groups excluding carboxylic acids is 1. The van der Waals surface area contributed by atoms with Gasteiger partial charge in [-0.2, -0.15) is 0 Å². The van der Waals surface area contributed by atoms with Crippen LogP contribution in [0, 0.1) is 11.2 Å². The van der Waals surface area contributed by atoms with Gasteiger partial charge in [0.25, 0.3) is 0 Å². The van der Waals surface area contributed by atoms with Crippen molar-refractivity contribution >= 4 is 16.9 Å². The van der Waals surface area contributed by atoms with Gasteiger partial charge >= 0.3 is 5.97 Å². The van der Waals surface area contributed by atoms with E-state index in [0.717, 1.165) is 41.4 Å². The highest BCUT2D eigenvalue weighted by atomic mass is 19.1. The van der Waals surface area contributed by atoms with Crippen molar-refractivity contribution in [3.05, 3.63) is 58.9 Å². The average Bonchev–Trinajstić information content (AvgIpc) is 3.11. The van der Waals surface area contributed by atoms with Crippen LogP contribution in [-0.4, -0.2) is 18.1 Å². The maximum absolute atomic E-state index is 14.4. The molecule has 162 valence electrons. The first-order valence-electron chi connectivity index (χ1n) is 11.2. The maximum atomic E-state index is 14.4. The van der Waals surface area contributed by atoms with Crippen molar-refractivity contribution in [3.8, 4) is 11.3 Å². The number of ether oxygens (including phenoxy) is 1. The first-order chi connectivity index (χ1) is 14.7. The molecule has 31 heavy (non-hydrogen) atoms. The largest absolute Gasteiger partial charge is 0.469 e. The summed E-state index contributed by atoms with van der Waals surface area (Å²) in [6, 6.07) is 11.7. The highest BCUT2D eigenvalue weighted by molar-refractivity contribution is 5.95. The van der Waals surface area contributed by atoms with Gasteiger partial charge in [-0.25, -0.2) is 4.39 Å². The Labute approximate surface area is 183 Å². The first-order valence-corrected chi connectivity index (χ1v) is 11.2. The lowest BCUT2D eigenvalue weighted by Gasteiger charge is -2.54. The van der Waals surface area contributed by atoms with E-state index in [0.29, 0.717) is 5.92 Å². The standard InChI is InChI=1S/C27H30FNO2/c1-15(2)16-7-9-20-18(13-16)23-22(19-14-17(28)8-10-21(19)29-23)24-26(20,3)11-6-12-27(24,4)25(30)31-5/h7-10,13-15,24,29H,6,11-12H2,1-5H3/t24?,26-,27-/m1/s1. The van der Waals surface area contributed by atoms with Crippen LogP contribution in [0.5, 0.6) is 0 Å². The molecule has 2 aromatic carbocycles. The number of hydrogen-bond acceptors (Lipinski definition) is 2. The molecule has 4 heteroatoms. The Morgan fingerprint density at radius 1 is 1.16 bits per heavy atom. The number of halogens is 1. The van der Waals surface area contributed by atoms with Crippen LogP contribution in [0.15, 0.2) is 36.4 Å². The van der Waals surface area contributed by atoms with Gasteiger partial charge in [0.1, 0.15) is 5.82 Å². The van der Waals surface area contributed by atoms with E-state index in [9.17, 15) is 9.18 Å². The monoisotopic (exact) mass is 419 g/mol. The highest BCUT2D eigenvalue weighted by Gasteiger charge is 2.58. The van der Waals surface area contributed by atoms with Crippen LogP contribution in [-0.2, 0) is 14.9 Å². The van der Waals surface area contributed by atoms with Crippen LogP contribution in [0.2, 0.25) is 0 Å². The summed E-state index contributed by atoms with van der Waals surface area (Å²) < 4.78 is 19.7. The predicted octanol–water partition coefficient (Wildman–Crippen LogP) is 6.82. The zero-order valence-electron chi connectivity index (χ0n) is 18.9. The van der Waals surface area contributed by atoms with E-state index in [2.05, 4.69) is 44.0 Å². The number of methoxy groups -OCH3 is 1. The molecule has 3 aromatic rings. The molecule has 3 atom stereocenters. The summed E-state index contributed by atoms with van der Waals surface area (Å²) in [7, 11) is 1.47. The second kappa shape index (κ2) is 6.69. The lowest BCUT2D eigenvalue weighted by Crippen LogP contribution is -2.50. The van der Waals surface area contributed by atoms with E-state index >= 15 is 0 Å². The fourth-order valence-corrected chi connectivity index (χ4v) is 6.52. The van der Waals surface area contributed by atoms with Crippen molar-refractivity contribution in [2.24, 2.45) is 5.41 Å². The lowest BCUT2D eigenvalue weighted by molar-refractivity contribution is -0.157. The number of nitrogens with one attached hydrogen (secondary N) is 1. The number of fused-ring (bicyclic) bond motifs is 8. The third-order valence-corrected chi connectivity index (χ3v) is 8.00. The number of H-pyrrole nitrogens is 1. The van der Waals surface area contributed by atoms with Crippen LogP contribution in [0.25, 0.3) is 22.2 Å². The number of carbonyl (C=O) groups is 1. The fraction of sp³-hybridized carbons (Fsp3) is 0.444. The van der Waals surface area contributed by atoms with Gasteiger partial charge < -0.3 is 9.72 Å². The maximum Gasteiger partial charge on any atom is 0.312 e. The van der Waals surface area contributed by atoms with Crippen molar-refractivity contribution < 1.29 is 13.9 Å². The molecule has 2 aliphatic carbocycles. The highest BCUT2D eigenvalue weighted by Crippen LogP contribution is 2.64. The van der Waals surface area contributed by atoms with E-state index in [1.165, 1.54) is 29.9 Å². The number of esters is 1. The molecule has 0 radical (unpaired) electrons. The van der Waals surface area contributed by atoms with E-state index in [4.69, 9.17) is 4.74 Å². The van der Waals surface area contributed by atoms with Gasteiger partial charge in [0.05, 0.1) is 18.2 Å². The van der Waals surface area contributed by atoms with Gasteiger partial charge in [-0.15, -0.1) is 0 Å². The van der Waals surface area contributed by atoms with Crippen molar-refractivity contribution in [2.75, 3.05) is 7.11 Å². The van der Waals surface area contributed by atoms with Gasteiger partial charge in [-0.3, -0.25) is 4.79 Å². The number of aromatic amines is 1. The van der Waals surface area contributed by atoms with Crippen LogP contribution in [0.4, 0.5) is 4.39 Å². The second-order valence-electron chi connectivity index (χ2n) is 10.2. The van der Waals surface area contributed by atoms with Gasteiger partial charge in [-0.1, -0.05) is 39.3 Å². The molecule has 2 aliphatic rings. The van der Waals surface area contributed by atoms with Crippen molar-refractivity contribution in [1.29, 1.82) is 0 Å². The summed E-state index contributed by atoms with van der Waals surface area (Å²) in [4.78, 5) is 16.8. The molecular formula is C27H30FNO2. The predicted molar refractivity (Wildman–Crippen MR) is 122 cm³/mol. The molecule has 0 spiro atoms. The summed E-state index contributed by atoms with van der Waals surface area (Å²) in [5.74, 6) is -0.118. The van der Waals surface area contributed by atoms with Gasteiger partial charge in [0.2, 0.25) is 0 Å². The van der Waals surface area contributed by atoms with E-state index in [-0.39, 0.29) is 23.1 Å². The van der Waals surface area contributed by atoms with Crippen LogP contribution in [0.1, 0.15) is 75.5 Å². The molecular weight excluding hydrogens is 389 g/mol. The molecule has 1 N–H and O–H groups in total. The van der Waals surface area contributed by atoms with Gasteiger partial charge in [0, 0.05) is 27.8 Å². The van der Waals surface area contributed by atoms with Crippen LogP contribution in [0.3, 0.4) is 0 Å². The zero-order chi connectivity index (χ0) is 22.1. The van der Waals surface area contributed by atoms with Crippen molar-refractivity contribution in [3.63, 3.8) is 0 Å². The smallest absolute Gasteiger partial charge is 0.312 e. The molecule has 0 amide bonds. The number of aromatic nitrogens is 1. The number of benzene rings is 2. The number of rotatable bonds is 2. The van der Waals surface area contributed by atoms with Gasteiger partial charge in [-0.05, 0) is 66.6 Å². The Kier molecular flexibility index (Phi) is 4.38. The third-order valence-electron chi connectivity index (χ3n) is 8.00. The zero-order valence-corrected chi connectivity index (χ0v) is 18.9.